The summed E-state index contributed by atoms with van der Waals surface area (Å²) in [6, 6.07) is 4.18. The van der Waals surface area contributed by atoms with Gasteiger partial charge in [0.1, 0.15) is 0 Å². The standard InChI is InChI=1S/C11H15NO.C3H8/c1-13-11-8-10(6-7-12-11)9-4-2-3-5-9;1-3-2/h6-9H,2-5H2,1H3;3H2,1-2H3. The van der Waals surface area contributed by atoms with Gasteiger partial charge in [-0.05, 0) is 30.4 Å². The minimum atomic E-state index is 0.740. The van der Waals surface area contributed by atoms with E-state index in [1.54, 1.807) is 7.11 Å². The monoisotopic (exact) mass is 221 g/mol. The fourth-order valence-electron chi connectivity index (χ4n) is 2.05. The fraction of sp³-hybridized carbons (Fsp3) is 0.643. The molecule has 0 aliphatic heterocycles. The van der Waals surface area contributed by atoms with Crippen LogP contribution in [0.15, 0.2) is 18.3 Å². The van der Waals surface area contributed by atoms with Crippen LogP contribution in [0.2, 0.25) is 0 Å². The second kappa shape index (κ2) is 7.26. The van der Waals surface area contributed by atoms with Crippen LogP contribution in [0.1, 0.15) is 57.4 Å². The molecule has 0 atom stereocenters. The Morgan fingerprint density at radius 2 is 1.94 bits per heavy atom. The highest BCUT2D eigenvalue weighted by molar-refractivity contribution is 5.24. The van der Waals surface area contributed by atoms with Crippen LogP contribution in [-0.4, -0.2) is 12.1 Å². The summed E-state index contributed by atoms with van der Waals surface area (Å²) in [7, 11) is 1.67. The van der Waals surface area contributed by atoms with Crippen molar-refractivity contribution in [3.05, 3.63) is 23.9 Å². The molecule has 16 heavy (non-hydrogen) atoms. The van der Waals surface area contributed by atoms with Gasteiger partial charge in [0, 0.05) is 12.3 Å². The molecule has 0 amide bonds. The molecule has 1 aromatic heterocycles. The molecule has 1 saturated carbocycles. The first-order valence-electron chi connectivity index (χ1n) is 6.31. The minimum Gasteiger partial charge on any atom is -0.481 e. The molecule has 90 valence electrons. The molecule has 1 aliphatic carbocycles. The first-order valence-corrected chi connectivity index (χ1v) is 6.31. The third kappa shape index (κ3) is 3.84. The van der Waals surface area contributed by atoms with Crippen molar-refractivity contribution in [2.45, 2.75) is 51.9 Å². The fourth-order valence-corrected chi connectivity index (χ4v) is 2.05. The van der Waals surface area contributed by atoms with Crippen LogP contribution in [0.4, 0.5) is 0 Å². The van der Waals surface area contributed by atoms with Gasteiger partial charge in [-0.3, -0.25) is 0 Å². The summed E-state index contributed by atoms with van der Waals surface area (Å²) in [5.74, 6) is 1.49. The lowest BCUT2D eigenvalue weighted by atomic mass is 9.99. The number of hydrogen-bond acceptors (Lipinski definition) is 2. The first-order chi connectivity index (χ1) is 7.81. The van der Waals surface area contributed by atoms with E-state index in [9.17, 15) is 0 Å². The molecule has 0 saturated heterocycles. The van der Waals surface area contributed by atoms with Crippen molar-refractivity contribution in [1.29, 1.82) is 0 Å². The SMILES string of the molecule is CCC.COc1cc(C2CCCC2)ccn1. The number of hydrogen-bond donors (Lipinski definition) is 0. The molecule has 0 unspecified atom stereocenters. The number of methoxy groups -OCH3 is 1. The van der Waals surface area contributed by atoms with E-state index < -0.39 is 0 Å². The van der Waals surface area contributed by atoms with Gasteiger partial charge in [-0.2, -0.15) is 0 Å². The number of rotatable bonds is 2. The van der Waals surface area contributed by atoms with E-state index in [0.717, 1.165) is 11.8 Å². The molecule has 0 N–H and O–H groups in total. The van der Waals surface area contributed by atoms with Crippen LogP contribution in [0, 0.1) is 0 Å². The van der Waals surface area contributed by atoms with E-state index in [4.69, 9.17) is 4.74 Å². The Hall–Kier alpha value is -1.05. The number of pyridine rings is 1. The summed E-state index contributed by atoms with van der Waals surface area (Å²) in [6.45, 7) is 4.25. The molecule has 1 heterocycles. The molecule has 2 rings (SSSR count). The lowest BCUT2D eigenvalue weighted by Gasteiger charge is -2.09. The number of ether oxygens (including phenoxy) is 1. The predicted octanol–water partition coefficient (Wildman–Crippen LogP) is 4.16. The third-order valence-electron chi connectivity index (χ3n) is 2.79. The average Bonchev–Trinajstić information content (AvgIpc) is 2.84. The average molecular weight is 221 g/mol. The van der Waals surface area contributed by atoms with Gasteiger partial charge < -0.3 is 4.74 Å². The number of nitrogens with zero attached hydrogens (tertiary/aromatic N) is 1. The van der Waals surface area contributed by atoms with Gasteiger partial charge in [0.15, 0.2) is 0 Å². The molecule has 1 aromatic rings. The highest BCUT2D eigenvalue weighted by Crippen LogP contribution is 2.34. The zero-order valence-corrected chi connectivity index (χ0v) is 10.7. The maximum atomic E-state index is 5.10. The Kier molecular flexibility index (Phi) is 5.91. The van der Waals surface area contributed by atoms with Gasteiger partial charge in [0.2, 0.25) is 5.88 Å². The molecule has 0 bridgehead atoms. The topological polar surface area (TPSA) is 22.1 Å². The van der Waals surface area contributed by atoms with Crippen LogP contribution in [0.25, 0.3) is 0 Å². The smallest absolute Gasteiger partial charge is 0.213 e. The Morgan fingerprint density at radius 1 is 1.31 bits per heavy atom. The van der Waals surface area contributed by atoms with Crippen molar-refractivity contribution in [3.63, 3.8) is 0 Å². The van der Waals surface area contributed by atoms with Crippen molar-refractivity contribution < 1.29 is 4.74 Å². The van der Waals surface area contributed by atoms with Gasteiger partial charge in [-0.25, -0.2) is 4.98 Å². The molecule has 2 nitrogen and oxygen atoms in total. The largest absolute Gasteiger partial charge is 0.481 e. The zero-order valence-electron chi connectivity index (χ0n) is 10.7. The van der Waals surface area contributed by atoms with E-state index in [2.05, 4.69) is 31.0 Å². The molecular formula is C14H23NO. The lowest BCUT2D eigenvalue weighted by Crippen LogP contribution is -1.94. The molecule has 0 aromatic carbocycles. The zero-order chi connectivity index (χ0) is 11.8. The van der Waals surface area contributed by atoms with Gasteiger partial charge in [0.25, 0.3) is 0 Å². The van der Waals surface area contributed by atoms with Gasteiger partial charge >= 0.3 is 0 Å². The molecule has 2 heteroatoms. The third-order valence-corrected chi connectivity index (χ3v) is 2.79. The highest BCUT2D eigenvalue weighted by Gasteiger charge is 2.17. The van der Waals surface area contributed by atoms with Crippen LogP contribution in [0.3, 0.4) is 0 Å². The normalized spacial score (nSPS) is 15.4. The lowest BCUT2D eigenvalue weighted by molar-refractivity contribution is 0.396. The Balaban J connectivity index is 0.000000386. The van der Waals surface area contributed by atoms with Crippen LogP contribution >= 0.6 is 0 Å². The summed E-state index contributed by atoms with van der Waals surface area (Å²) >= 11 is 0. The summed E-state index contributed by atoms with van der Waals surface area (Å²) in [5, 5.41) is 0. The summed E-state index contributed by atoms with van der Waals surface area (Å²) in [4.78, 5) is 4.11. The van der Waals surface area contributed by atoms with Crippen LogP contribution in [0.5, 0.6) is 5.88 Å². The van der Waals surface area contributed by atoms with Crippen molar-refractivity contribution >= 4 is 0 Å². The minimum absolute atomic E-state index is 0.740. The van der Waals surface area contributed by atoms with Crippen LogP contribution in [-0.2, 0) is 0 Å². The van der Waals surface area contributed by atoms with Gasteiger partial charge in [0.05, 0.1) is 7.11 Å². The highest BCUT2D eigenvalue weighted by atomic mass is 16.5. The molecule has 1 aliphatic rings. The van der Waals surface area contributed by atoms with Crippen molar-refractivity contribution in [3.8, 4) is 5.88 Å². The van der Waals surface area contributed by atoms with E-state index in [1.165, 1.54) is 37.7 Å². The van der Waals surface area contributed by atoms with E-state index >= 15 is 0 Å². The summed E-state index contributed by atoms with van der Waals surface area (Å²) in [5.41, 5.74) is 1.39. The number of aromatic nitrogens is 1. The first kappa shape index (κ1) is 13.0. The molecule has 0 radical (unpaired) electrons. The Bertz CT molecular complexity index is 293. The van der Waals surface area contributed by atoms with Crippen molar-refractivity contribution in [2.75, 3.05) is 7.11 Å². The van der Waals surface area contributed by atoms with Crippen LogP contribution < -0.4 is 4.74 Å². The quantitative estimate of drug-likeness (QED) is 0.748. The second-order valence-corrected chi connectivity index (χ2v) is 4.32. The van der Waals surface area contributed by atoms with Gasteiger partial charge in [-0.1, -0.05) is 33.1 Å². The summed E-state index contributed by atoms with van der Waals surface area (Å²) in [6.07, 6.45) is 8.48. The second-order valence-electron chi connectivity index (χ2n) is 4.32. The van der Waals surface area contributed by atoms with E-state index in [-0.39, 0.29) is 0 Å². The molecule has 1 fully saturated rings. The van der Waals surface area contributed by atoms with E-state index in [0.29, 0.717) is 0 Å². The van der Waals surface area contributed by atoms with Crippen molar-refractivity contribution in [2.24, 2.45) is 0 Å². The predicted molar refractivity (Wildman–Crippen MR) is 68.0 cm³/mol. The molecular weight excluding hydrogens is 198 g/mol. The Morgan fingerprint density at radius 3 is 2.50 bits per heavy atom. The van der Waals surface area contributed by atoms with E-state index in [1.807, 2.05) is 6.20 Å². The maximum absolute atomic E-state index is 5.10. The van der Waals surface area contributed by atoms with Crippen molar-refractivity contribution in [1.82, 2.24) is 4.98 Å². The van der Waals surface area contributed by atoms with Gasteiger partial charge in [-0.15, -0.1) is 0 Å². The Labute approximate surface area is 99.0 Å². The molecule has 0 spiro atoms. The summed E-state index contributed by atoms with van der Waals surface area (Å²) < 4.78 is 5.10. The maximum Gasteiger partial charge on any atom is 0.213 e.